The van der Waals surface area contributed by atoms with Gasteiger partial charge in [0.25, 0.3) is 0 Å². The Morgan fingerprint density at radius 1 is 1.34 bits per heavy atom. The number of nitriles is 1. The van der Waals surface area contributed by atoms with Crippen LogP contribution in [0.5, 0.6) is 0 Å². The van der Waals surface area contributed by atoms with Crippen molar-refractivity contribution in [3.63, 3.8) is 0 Å². The monoisotopic (exact) mass is 529 g/mol. The number of allylic oxidation sites excluding steroid dienone is 3. The van der Waals surface area contributed by atoms with Gasteiger partial charge >= 0.3 is 5.97 Å². The number of thioether (sulfide) groups is 1. The molecule has 1 aromatic carbocycles. The molecule has 1 aliphatic heterocycles. The minimum atomic E-state index is -0.585. The van der Waals surface area contributed by atoms with Crippen LogP contribution in [-0.4, -0.2) is 34.3 Å². The normalized spacial score (nSPS) is 19.5. The first-order chi connectivity index (χ1) is 16.6. The number of carbonyl (C=O) groups is 2. The molecule has 35 heavy (non-hydrogen) atoms. The van der Waals surface area contributed by atoms with E-state index in [1.54, 1.807) is 24.0 Å². The minimum Gasteiger partial charge on any atom is -0.465 e. The Balaban J connectivity index is 1.80. The summed E-state index contributed by atoms with van der Waals surface area (Å²) in [7, 11) is 0. The lowest BCUT2D eigenvalue weighted by molar-refractivity contribution is -0.139. The average Bonchev–Trinajstić information content (AvgIpc) is 3.25. The van der Waals surface area contributed by atoms with Gasteiger partial charge in [0.2, 0.25) is 5.13 Å². The molecule has 0 bridgehead atoms. The number of benzene rings is 1. The predicted molar refractivity (Wildman–Crippen MR) is 136 cm³/mol. The van der Waals surface area contributed by atoms with Crippen LogP contribution in [0.25, 0.3) is 0 Å². The molecule has 0 saturated carbocycles. The fourth-order valence-corrected chi connectivity index (χ4v) is 6.20. The SMILES string of the molecule is CCOC(=O)CSc1nnc(N2C(N)=C(C#N)C(c3ccc(Cl)cc3)C3=C2CC(C)(C)CC3=O)s1. The van der Waals surface area contributed by atoms with Crippen LogP contribution in [0.4, 0.5) is 5.13 Å². The molecule has 1 aromatic heterocycles. The Morgan fingerprint density at radius 2 is 2.06 bits per heavy atom. The zero-order chi connectivity index (χ0) is 25.3. The highest BCUT2D eigenvalue weighted by Gasteiger charge is 2.45. The van der Waals surface area contributed by atoms with E-state index in [4.69, 9.17) is 22.1 Å². The molecule has 2 N–H and O–H groups in total. The molecule has 2 aliphatic rings. The van der Waals surface area contributed by atoms with Crippen LogP contribution in [0.2, 0.25) is 5.02 Å². The van der Waals surface area contributed by atoms with Gasteiger partial charge in [-0.15, -0.1) is 10.2 Å². The van der Waals surface area contributed by atoms with Crippen LogP contribution < -0.4 is 10.6 Å². The summed E-state index contributed by atoms with van der Waals surface area (Å²) in [6.45, 7) is 6.12. The van der Waals surface area contributed by atoms with E-state index in [0.29, 0.717) is 39.5 Å². The lowest BCUT2D eigenvalue weighted by Crippen LogP contribution is -2.42. The molecule has 1 unspecified atom stereocenters. The number of nitrogens with zero attached hydrogens (tertiary/aromatic N) is 4. The van der Waals surface area contributed by atoms with Crippen molar-refractivity contribution in [1.29, 1.82) is 5.26 Å². The lowest BCUT2D eigenvalue weighted by atomic mass is 9.69. The Morgan fingerprint density at radius 3 is 2.71 bits per heavy atom. The molecule has 0 saturated heterocycles. The molecular formula is C24H24ClN5O3S2. The standard InChI is InChI=1S/C24H24ClN5O3S2/c1-4-33-18(32)12-34-23-29-28-22(35-23)30-16-9-24(2,3)10-17(31)20(16)19(15(11-26)21(30)27)13-5-7-14(25)8-6-13/h5-8,19H,4,9-10,12,27H2,1-3H3. The largest absolute Gasteiger partial charge is 0.465 e. The number of nitrogens with two attached hydrogens (primary N) is 1. The number of rotatable bonds is 6. The molecule has 0 amide bonds. The van der Waals surface area contributed by atoms with E-state index in [9.17, 15) is 14.9 Å². The maximum atomic E-state index is 13.5. The predicted octanol–water partition coefficient (Wildman–Crippen LogP) is 4.79. The molecule has 0 spiro atoms. The van der Waals surface area contributed by atoms with Gasteiger partial charge < -0.3 is 10.5 Å². The van der Waals surface area contributed by atoms with Gasteiger partial charge in [-0.05, 0) is 36.5 Å². The smallest absolute Gasteiger partial charge is 0.316 e. The zero-order valence-corrected chi connectivity index (χ0v) is 21.9. The number of ketones is 1. The van der Waals surface area contributed by atoms with E-state index in [-0.39, 0.29) is 34.3 Å². The van der Waals surface area contributed by atoms with Crippen LogP contribution in [0.1, 0.15) is 45.1 Å². The summed E-state index contributed by atoms with van der Waals surface area (Å²) in [4.78, 5) is 26.9. The average molecular weight is 530 g/mol. The van der Waals surface area contributed by atoms with Gasteiger partial charge in [0.15, 0.2) is 10.1 Å². The zero-order valence-electron chi connectivity index (χ0n) is 19.5. The van der Waals surface area contributed by atoms with E-state index in [1.165, 1.54) is 23.1 Å². The Hall–Kier alpha value is -2.87. The highest BCUT2D eigenvalue weighted by atomic mass is 35.5. The first-order valence-electron chi connectivity index (χ1n) is 11.0. The summed E-state index contributed by atoms with van der Waals surface area (Å²) in [5.74, 6) is -0.626. The van der Waals surface area contributed by atoms with Crippen molar-refractivity contribution in [1.82, 2.24) is 10.2 Å². The second-order valence-corrected chi connectivity index (χ2v) is 11.6. The third-order valence-electron chi connectivity index (χ3n) is 5.79. The number of aromatic nitrogens is 2. The summed E-state index contributed by atoms with van der Waals surface area (Å²) < 4.78 is 5.53. The number of ether oxygens (including phenoxy) is 1. The van der Waals surface area contributed by atoms with Gasteiger partial charge in [0, 0.05) is 22.7 Å². The molecule has 11 heteroatoms. The fourth-order valence-electron chi connectivity index (χ4n) is 4.39. The first kappa shape index (κ1) is 25.2. The second-order valence-electron chi connectivity index (χ2n) is 8.98. The number of hydrogen-bond acceptors (Lipinski definition) is 10. The van der Waals surface area contributed by atoms with Crippen molar-refractivity contribution in [2.45, 2.75) is 43.9 Å². The maximum Gasteiger partial charge on any atom is 0.316 e. The summed E-state index contributed by atoms with van der Waals surface area (Å²) in [5, 5.41) is 19.6. The van der Waals surface area contributed by atoms with E-state index < -0.39 is 5.92 Å². The summed E-state index contributed by atoms with van der Waals surface area (Å²) in [5.41, 5.74) is 8.63. The summed E-state index contributed by atoms with van der Waals surface area (Å²) in [6, 6.07) is 9.35. The van der Waals surface area contributed by atoms with Crippen molar-refractivity contribution in [3.05, 3.63) is 57.5 Å². The fraction of sp³-hybridized carbons (Fsp3) is 0.375. The summed E-state index contributed by atoms with van der Waals surface area (Å²) in [6.07, 6.45) is 0.932. The van der Waals surface area contributed by atoms with E-state index in [0.717, 1.165) is 11.3 Å². The number of Topliss-reactive ketones (excluding diaryl/α,β-unsaturated/α-hetero) is 1. The van der Waals surface area contributed by atoms with Crippen LogP contribution in [-0.2, 0) is 14.3 Å². The van der Waals surface area contributed by atoms with Gasteiger partial charge in [0.05, 0.1) is 29.9 Å². The quantitative estimate of drug-likeness (QED) is 0.415. The number of esters is 1. The highest BCUT2D eigenvalue weighted by molar-refractivity contribution is 8.01. The first-order valence-corrected chi connectivity index (χ1v) is 13.2. The topological polar surface area (TPSA) is 122 Å². The maximum absolute atomic E-state index is 13.5. The second kappa shape index (κ2) is 10.0. The van der Waals surface area contributed by atoms with E-state index in [1.807, 2.05) is 26.0 Å². The van der Waals surface area contributed by atoms with Gasteiger partial charge in [-0.1, -0.05) is 60.7 Å². The van der Waals surface area contributed by atoms with Crippen LogP contribution >= 0.6 is 34.7 Å². The number of carbonyl (C=O) groups excluding carboxylic acids is 2. The van der Waals surface area contributed by atoms with E-state index >= 15 is 0 Å². The molecule has 182 valence electrons. The van der Waals surface area contributed by atoms with E-state index in [2.05, 4.69) is 16.3 Å². The Kier molecular flexibility index (Phi) is 7.22. The van der Waals surface area contributed by atoms with Gasteiger partial charge in [0.1, 0.15) is 5.82 Å². The Bertz CT molecular complexity index is 1280. The third kappa shape index (κ3) is 5.08. The van der Waals surface area contributed by atoms with Crippen molar-refractivity contribution in [2.75, 3.05) is 17.3 Å². The summed E-state index contributed by atoms with van der Waals surface area (Å²) >= 11 is 8.55. The third-order valence-corrected chi connectivity index (χ3v) is 8.06. The van der Waals surface area contributed by atoms with Crippen LogP contribution in [0, 0.1) is 16.7 Å². The molecule has 2 heterocycles. The van der Waals surface area contributed by atoms with Gasteiger partial charge in [-0.3, -0.25) is 14.5 Å². The number of hydrogen-bond donors (Lipinski definition) is 1. The molecule has 1 atom stereocenters. The van der Waals surface area contributed by atoms with Crippen LogP contribution in [0.15, 0.2) is 51.3 Å². The van der Waals surface area contributed by atoms with Crippen LogP contribution in [0.3, 0.4) is 0 Å². The molecule has 2 aromatic rings. The molecule has 4 rings (SSSR count). The molecule has 8 nitrogen and oxygen atoms in total. The highest BCUT2D eigenvalue weighted by Crippen LogP contribution is 2.50. The van der Waals surface area contributed by atoms with Crippen molar-refractivity contribution < 1.29 is 14.3 Å². The van der Waals surface area contributed by atoms with Crippen molar-refractivity contribution in [3.8, 4) is 6.07 Å². The number of halogens is 1. The van der Waals surface area contributed by atoms with Gasteiger partial charge in [-0.2, -0.15) is 5.26 Å². The number of anilines is 1. The lowest BCUT2D eigenvalue weighted by Gasteiger charge is -2.42. The molecule has 0 fully saturated rings. The van der Waals surface area contributed by atoms with Gasteiger partial charge in [-0.25, -0.2) is 0 Å². The molecule has 1 aliphatic carbocycles. The molecule has 0 radical (unpaired) electrons. The molecular weight excluding hydrogens is 506 g/mol. The Labute approximate surface area is 216 Å². The minimum absolute atomic E-state index is 0.0251. The van der Waals surface area contributed by atoms with Crippen molar-refractivity contribution in [2.24, 2.45) is 11.1 Å². The van der Waals surface area contributed by atoms with Crippen molar-refractivity contribution >= 4 is 51.6 Å².